The fourth-order valence-corrected chi connectivity index (χ4v) is 4.98. The van der Waals surface area contributed by atoms with E-state index in [9.17, 15) is 13.2 Å². The van der Waals surface area contributed by atoms with Crippen molar-refractivity contribution in [2.75, 3.05) is 17.1 Å². The summed E-state index contributed by atoms with van der Waals surface area (Å²) < 4.78 is 33.8. The largest absolute Gasteiger partial charge is 0.457 e. The van der Waals surface area contributed by atoms with E-state index in [0.717, 1.165) is 38.8 Å². The van der Waals surface area contributed by atoms with E-state index in [1.165, 1.54) is 0 Å². The average Bonchev–Trinajstić information content (AvgIpc) is 3.16. The van der Waals surface area contributed by atoms with Crippen LogP contribution in [0.1, 0.15) is 22.5 Å². The maximum Gasteiger partial charge on any atom is 0.260 e. The number of carbonyl (C=O) groups is 1. The van der Waals surface area contributed by atoms with Gasteiger partial charge in [0.1, 0.15) is 18.0 Å². The highest BCUT2D eigenvalue weighted by Gasteiger charge is 2.21. The Kier molecular flexibility index (Phi) is 7.97. The van der Waals surface area contributed by atoms with E-state index in [2.05, 4.69) is 21.2 Å². The van der Waals surface area contributed by atoms with Crippen LogP contribution in [0.5, 0.6) is 11.5 Å². The third kappa shape index (κ3) is 6.49. The van der Waals surface area contributed by atoms with Crippen molar-refractivity contribution in [2.24, 2.45) is 5.10 Å². The van der Waals surface area contributed by atoms with Gasteiger partial charge in [-0.1, -0.05) is 30.3 Å². The van der Waals surface area contributed by atoms with Crippen molar-refractivity contribution in [2.45, 2.75) is 20.8 Å². The first kappa shape index (κ1) is 26.7. The minimum Gasteiger partial charge on any atom is -0.457 e. The van der Waals surface area contributed by atoms with Gasteiger partial charge in [-0.3, -0.25) is 9.10 Å². The minimum atomic E-state index is -3.73. The molecule has 0 aliphatic heterocycles. The van der Waals surface area contributed by atoms with E-state index >= 15 is 0 Å². The minimum absolute atomic E-state index is 0.341. The molecule has 4 aromatic rings. The molecule has 0 saturated carbocycles. The van der Waals surface area contributed by atoms with Gasteiger partial charge in [0.05, 0.1) is 18.2 Å². The molecule has 1 N–H and O–H groups in total. The Bertz CT molecular complexity index is 1560. The summed E-state index contributed by atoms with van der Waals surface area (Å²) in [6.45, 7) is 5.61. The van der Waals surface area contributed by atoms with Gasteiger partial charge >= 0.3 is 0 Å². The number of aromatic nitrogens is 1. The summed E-state index contributed by atoms with van der Waals surface area (Å²) in [7, 11) is -3.73. The zero-order chi connectivity index (χ0) is 27.3. The Hall–Kier alpha value is -4.37. The zero-order valence-electron chi connectivity index (χ0n) is 21.8. The van der Waals surface area contributed by atoms with Gasteiger partial charge in [0.2, 0.25) is 10.0 Å². The van der Waals surface area contributed by atoms with Crippen molar-refractivity contribution in [3.05, 3.63) is 107 Å². The normalized spacial score (nSPS) is 11.5. The first-order chi connectivity index (χ1) is 18.1. The van der Waals surface area contributed by atoms with Crippen molar-refractivity contribution in [3.8, 4) is 17.2 Å². The van der Waals surface area contributed by atoms with Gasteiger partial charge < -0.3 is 9.30 Å². The number of para-hydroxylation sites is 1. The number of hydrogen-bond acceptors (Lipinski definition) is 5. The Balaban J connectivity index is 1.43. The van der Waals surface area contributed by atoms with Crippen LogP contribution in [0, 0.1) is 20.8 Å². The molecule has 1 heterocycles. The van der Waals surface area contributed by atoms with Gasteiger partial charge in [-0.15, -0.1) is 0 Å². The maximum atomic E-state index is 12.6. The van der Waals surface area contributed by atoms with Crippen molar-refractivity contribution >= 4 is 27.8 Å². The lowest BCUT2D eigenvalue weighted by Crippen LogP contribution is -2.39. The molecule has 0 saturated heterocycles. The van der Waals surface area contributed by atoms with Gasteiger partial charge in [0.15, 0.2) is 0 Å². The summed E-state index contributed by atoms with van der Waals surface area (Å²) in [6, 6.07) is 25.9. The first-order valence-corrected chi connectivity index (χ1v) is 13.9. The van der Waals surface area contributed by atoms with Crippen LogP contribution in [0.3, 0.4) is 0 Å². The van der Waals surface area contributed by atoms with Gasteiger partial charge in [0.25, 0.3) is 5.91 Å². The van der Waals surface area contributed by atoms with Crippen molar-refractivity contribution in [1.82, 2.24) is 9.99 Å². The number of amides is 1. The maximum absolute atomic E-state index is 12.6. The molecule has 1 amide bonds. The topological polar surface area (TPSA) is 93.0 Å². The number of sulfonamides is 1. The second kappa shape index (κ2) is 11.4. The second-order valence-corrected chi connectivity index (χ2v) is 10.9. The van der Waals surface area contributed by atoms with Crippen LogP contribution in [0.15, 0.2) is 90.0 Å². The molecule has 8 nitrogen and oxygen atoms in total. The van der Waals surface area contributed by atoms with Gasteiger partial charge in [-0.2, -0.15) is 5.10 Å². The molecular formula is C29H30N4O4S. The summed E-state index contributed by atoms with van der Waals surface area (Å²) in [5, 5.41) is 4.08. The molecule has 0 aliphatic carbocycles. The zero-order valence-corrected chi connectivity index (χ0v) is 22.6. The SMILES string of the molecule is Cc1cccc(-n2c(C)cc(/C=N\NC(=O)CN(c3ccc(Oc4ccccc4)cc3)S(C)(=O)=O)c2C)c1. The fraction of sp³-hybridized carbons (Fsp3) is 0.172. The number of hydrazone groups is 1. The van der Waals surface area contributed by atoms with Crippen molar-refractivity contribution < 1.29 is 17.9 Å². The Morgan fingerprint density at radius 1 is 0.947 bits per heavy atom. The molecule has 38 heavy (non-hydrogen) atoms. The third-order valence-corrected chi connectivity index (χ3v) is 7.05. The number of benzene rings is 3. The standard InChI is InChI=1S/C29H30N4O4S/c1-21-9-8-10-26(17-21)33-22(2)18-24(23(33)3)19-30-31-29(34)20-32(38(4,35)36)25-13-15-28(16-14-25)37-27-11-6-5-7-12-27/h5-19H,20H2,1-4H3,(H,31,34)/b30-19-. The lowest BCUT2D eigenvalue weighted by Gasteiger charge is -2.21. The van der Waals surface area contributed by atoms with Gasteiger partial charge in [-0.05, 0) is 80.9 Å². The molecular weight excluding hydrogens is 500 g/mol. The highest BCUT2D eigenvalue weighted by atomic mass is 32.2. The highest BCUT2D eigenvalue weighted by molar-refractivity contribution is 7.92. The average molecular weight is 531 g/mol. The van der Waals surface area contributed by atoms with Crippen LogP contribution in [-0.4, -0.2) is 37.9 Å². The van der Waals surface area contributed by atoms with Crippen LogP contribution in [0.25, 0.3) is 5.69 Å². The van der Waals surface area contributed by atoms with E-state index in [-0.39, 0.29) is 0 Å². The molecule has 196 valence electrons. The summed E-state index contributed by atoms with van der Waals surface area (Å²) >= 11 is 0. The Morgan fingerprint density at radius 3 is 2.29 bits per heavy atom. The van der Waals surface area contributed by atoms with Crippen molar-refractivity contribution in [1.29, 1.82) is 0 Å². The van der Waals surface area contributed by atoms with Gasteiger partial charge in [-0.25, -0.2) is 13.8 Å². The fourth-order valence-electron chi connectivity index (χ4n) is 4.13. The van der Waals surface area contributed by atoms with E-state index < -0.39 is 22.5 Å². The van der Waals surface area contributed by atoms with E-state index in [1.54, 1.807) is 30.5 Å². The van der Waals surface area contributed by atoms with Crippen LogP contribution < -0.4 is 14.5 Å². The molecule has 0 bridgehead atoms. The molecule has 0 spiro atoms. The molecule has 0 atom stereocenters. The molecule has 0 radical (unpaired) electrons. The lowest BCUT2D eigenvalue weighted by atomic mass is 10.2. The Labute approximate surface area is 223 Å². The van der Waals surface area contributed by atoms with Crippen LogP contribution in [0.4, 0.5) is 5.69 Å². The van der Waals surface area contributed by atoms with Gasteiger partial charge in [0, 0.05) is 22.6 Å². The first-order valence-electron chi connectivity index (χ1n) is 12.0. The third-order valence-electron chi connectivity index (χ3n) is 5.91. The van der Waals surface area contributed by atoms with E-state index in [4.69, 9.17) is 4.74 Å². The number of ether oxygens (including phenoxy) is 1. The predicted octanol–water partition coefficient (Wildman–Crippen LogP) is 5.11. The number of rotatable bonds is 9. The number of anilines is 1. The van der Waals surface area contributed by atoms with E-state index in [0.29, 0.717) is 17.2 Å². The molecule has 1 aromatic heterocycles. The van der Waals surface area contributed by atoms with Crippen LogP contribution in [-0.2, 0) is 14.8 Å². The van der Waals surface area contributed by atoms with Crippen molar-refractivity contribution in [3.63, 3.8) is 0 Å². The molecule has 0 aliphatic rings. The quantitative estimate of drug-likeness (QED) is 0.240. The predicted molar refractivity (Wildman–Crippen MR) is 151 cm³/mol. The summed E-state index contributed by atoms with van der Waals surface area (Å²) in [6.07, 6.45) is 2.62. The highest BCUT2D eigenvalue weighted by Crippen LogP contribution is 2.25. The monoisotopic (exact) mass is 530 g/mol. The number of carbonyl (C=O) groups excluding carboxylic acids is 1. The summed E-state index contributed by atoms with van der Waals surface area (Å²) in [5.41, 5.74) is 7.84. The molecule has 3 aromatic carbocycles. The molecule has 4 rings (SSSR count). The summed E-state index contributed by atoms with van der Waals surface area (Å²) in [5.74, 6) is 0.645. The molecule has 0 unspecified atom stereocenters. The van der Waals surface area contributed by atoms with Crippen LogP contribution in [0.2, 0.25) is 0 Å². The summed E-state index contributed by atoms with van der Waals surface area (Å²) in [4.78, 5) is 12.6. The lowest BCUT2D eigenvalue weighted by molar-refractivity contribution is -0.119. The second-order valence-electron chi connectivity index (χ2n) is 8.97. The molecule has 0 fully saturated rings. The van der Waals surface area contributed by atoms with Crippen LogP contribution >= 0.6 is 0 Å². The number of hydrogen-bond donors (Lipinski definition) is 1. The van der Waals surface area contributed by atoms with E-state index in [1.807, 2.05) is 75.4 Å². The Morgan fingerprint density at radius 2 is 1.63 bits per heavy atom. The molecule has 9 heteroatoms. The number of aryl methyl sites for hydroxylation is 2. The number of nitrogens with zero attached hydrogens (tertiary/aromatic N) is 3. The smallest absolute Gasteiger partial charge is 0.260 e. The number of nitrogens with one attached hydrogen (secondary N) is 1.